The lowest BCUT2D eigenvalue weighted by Gasteiger charge is -2.20. The molecule has 1 nitrogen and oxygen atoms in total. The van der Waals surface area contributed by atoms with Crippen molar-refractivity contribution >= 4 is 27.3 Å². The molecule has 1 N–H and O–H groups in total. The van der Waals surface area contributed by atoms with Crippen LogP contribution in [0.5, 0.6) is 0 Å². The lowest BCUT2D eigenvalue weighted by Crippen LogP contribution is -2.25. The zero-order valence-electron chi connectivity index (χ0n) is 12.6. The maximum Gasteiger partial charge on any atom is 0.132 e. The third-order valence-electron chi connectivity index (χ3n) is 3.41. The SMILES string of the molecule is CCCNC(c1ccc(-c2ccc(Br)cc2F)s1)C(C)C. The van der Waals surface area contributed by atoms with Crippen molar-refractivity contribution in [1.29, 1.82) is 0 Å². The number of halogens is 2. The quantitative estimate of drug-likeness (QED) is 0.656. The van der Waals surface area contributed by atoms with Crippen LogP contribution >= 0.6 is 27.3 Å². The molecule has 21 heavy (non-hydrogen) atoms. The van der Waals surface area contributed by atoms with E-state index in [9.17, 15) is 4.39 Å². The van der Waals surface area contributed by atoms with Crippen LogP contribution in [-0.4, -0.2) is 6.54 Å². The second-order valence-corrected chi connectivity index (χ2v) is 7.53. The summed E-state index contributed by atoms with van der Waals surface area (Å²) < 4.78 is 14.8. The molecule has 114 valence electrons. The second-order valence-electron chi connectivity index (χ2n) is 5.50. The van der Waals surface area contributed by atoms with Crippen LogP contribution in [0.25, 0.3) is 10.4 Å². The average molecular weight is 370 g/mol. The highest BCUT2D eigenvalue weighted by Crippen LogP contribution is 2.35. The van der Waals surface area contributed by atoms with Crippen molar-refractivity contribution in [3.63, 3.8) is 0 Å². The van der Waals surface area contributed by atoms with E-state index in [1.807, 2.05) is 18.2 Å². The third kappa shape index (κ3) is 4.15. The minimum atomic E-state index is -0.180. The Labute approximate surface area is 138 Å². The zero-order chi connectivity index (χ0) is 15.4. The topological polar surface area (TPSA) is 12.0 Å². The fourth-order valence-electron chi connectivity index (χ4n) is 2.32. The van der Waals surface area contributed by atoms with Gasteiger partial charge in [-0.25, -0.2) is 4.39 Å². The van der Waals surface area contributed by atoms with Crippen molar-refractivity contribution in [2.45, 2.75) is 33.2 Å². The summed E-state index contributed by atoms with van der Waals surface area (Å²) in [6, 6.07) is 9.71. The largest absolute Gasteiger partial charge is 0.309 e. The van der Waals surface area contributed by atoms with Gasteiger partial charge < -0.3 is 5.32 Å². The zero-order valence-corrected chi connectivity index (χ0v) is 15.0. The summed E-state index contributed by atoms with van der Waals surface area (Å²) in [5.74, 6) is 0.332. The molecule has 2 rings (SSSR count). The van der Waals surface area contributed by atoms with E-state index in [2.05, 4.69) is 48.1 Å². The van der Waals surface area contributed by atoms with E-state index in [1.165, 1.54) is 10.9 Å². The molecular formula is C17H21BrFNS. The minimum absolute atomic E-state index is 0.180. The van der Waals surface area contributed by atoms with Gasteiger partial charge >= 0.3 is 0 Å². The molecule has 1 aromatic carbocycles. The lowest BCUT2D eigenvalue weighted by molar-refractivity contribution is 0.418. The maximum atomic E-state index is 14.1. The van der Waals surface area contributed by atoms with E-state index in [0.29, 0.717) is 17.5 Å². The summed E-state index contributed by atoms with van der Waals surface area (Å²) in [7, 11) is 0. The molecule has 0 bridgehead atoms. The van der Waals surface area contributed by atoms with Crippen molar-refractivity contribution in [1.82, 2.24) is 5.32 Å². The molecule has 0 saturated carbocycles. The molecule has 0 saturated heterocycles. The number of hydrogen-bond acceptors (Lipinski definition) is 2. The van der Waals surface area contributed by atoms with Gasteiger partial charge in [-0.2, -0.15) is 0 Å². The van der Waals surface area contributed by atoms with Gasteiger partial charge in [0, 0.05) is 25.8 Å². The van der Waals surface area contributed by atoms with Crippen molar-refractivity contribution < 1.29 is 4.39 Å². The van der Waals surface area contributed by atoms with Crippen molar-refractivity contribution in [3.8, 4) is 10.4 Å². The molecule has 1 heterocycles. The molecule has 0 radical (unpaired) electrons. The number of nitrogens with one attached hydrogen (secondary N) is 1. The van der Waals surface area contributed by atoms with E-state index < -0.39 is 0 Å². The van der Waals surface area contributed by atoms with Crippen LogP contribution in [0, 0.1) is 11.7 Å². The Morgan fingerprint density at radius 2 is 2.00 bits per heavy atom. The molecule has 1 aromatic heterocycles. The van der Waals surface area contributed by atoms with Gasteiger partial charge in [0.05, 0.1) is 0 Å². The predicted molar refractivity (Wildman–Crippen MR) is 93.3 cm³/mol. The fraction of sp³-hybridized carbons (Fsp3) is 0.412. The Morgan fingerprint density at radius 3 is 2.62 bits per heavy atom. The molecule has 0 amide bonds. The summed E-state index contributed by atoms with van der Waals surface area (Å²) in [5, 5.41) is 3.58. The van der Waals surface area contributed by atoms with Gasteiger partial charge in [-0.1, -0.05) is 36.7 Å². The molecule has 4 heteroatoms. The smallest absolute Gasteiger partial charge is 0.132 e. The van der Waals surface area contributed by atoms with Gasteiger partial charge in [0.15, 0.2) is 0 Å². The summed E-state index contributed by atoms with van der Waals surface area (Å²) in [5.41, 5.74) is 0.674. The minimum Gasteiger partial charge on any atom is -0.309 e. The standard InChI is InChI=1S/C17H21BrFNS/c1-4-9-20-17(11(2)3)16-8-7-15(21-16)13-6-5-12(18)10-14(13)19/h5-8,10-11,17,20H,4,9H2,1-3H3. The summed E-state index contributed by atoms with van der Waals surface area (Å²) in [6.07, 6.45) is 1.11. The van der Waals surface area contributed by atoms with Gasteiger partial charge in [-0.3, -0.25) is 0 Å². The highest BCUT2D eigenvalue weighted by atomic mass is 79.9. The first kappa shape index (κ1) is 16.7. The van der Waals surface area contributed by atoms with Gasteiger partial charge in [-0.15, -0.1) is 11.3 Å². The Bertz CT molecular complexity index is 594. The normalized spacial score (nSPS) is 12.9. The Morgan fingerprint density at radius 1 is 1.24 bits per heavy atom. The molecule has 0 spiro atoms. The Hall–Kier alpha value is -0.710. The monoisotopic (exact) mass is 369 g/mol. The van der Waals surface area contributed by atoms with Crippen LogP contribution in [0.1, 0.15) is 38.1 Å². The van der Waals surface area contributed by atoms with E-state index in [1.54, 1.807) is 11.3 Å². The fourth-order valence-corrected chi connectivity index (χ4v) is 3.94. The van der Waals surface area contributed by atoms with Crippen molar-refractivity contribution in [3.05, 3.63) is 45.5 Å². The average Bonchev–Trinajstić information content (AvgIpc) is 2.88. The van der Waals surface area contributed by atoms with Gasteiger partial charge in [0.25, 0.3) is 0 Å². The first-order chi connectivity index (χ1) is 10.0. The molecular weight excluding hydrogens is 349 g/mol. The van der Waals surface area contributed by atoms with E-state index in [4.69, 9.17) is 0 Å². The summed E-state index contributed by atoms with van der Waals surface area (Å²) >= 11 is 4.97. The second kappa shape index (κ2) is 7.52. The highest BCUT2D eigenvalue weighted by Gasteiger charge is 2.18. The van der Waals surface area contributed by atoms with Crippen LogP contribution in [0.2, 0.25) is 0 Å². The van der Waals surface area contributed by atoms with Crippen LogP contribution in [0.3, 0.4) is 0 Å². The van der Waals surface area contributed by atoms with Crippen LogP contribution in [-0.2, 0) is 0 Å². The maximum absolute atomic E-state index is 14.1. The molecule has 1 unspecified atom stereocenters. The summed E-state index contributed by atoms with van der Waals surface area (Å²) in [4.78, 5) is 2.26. The molecule has 2 aromatic rings. The molecule has 0 aliphatic rings. The van der Waals surface area contributed by atoms with Gasteiger partial charge in [0.2, 0.25) is 0 Å². The van der Waals surface area contributed by atoms with Crippen molar-refractivity contribution in [2.75, 3.05) is 6.54 Å². The van der Waals surface area contributed by atoms with Gasteiger partial charge in [-0.05, 0) is 49.2 Å². The number of thiophene rings is 1. The molecule has 0 aliphatic carbocycles. The molecule has 0 fully saturated rings. The van der Waals surface area contributed by atoms with E-state index in [0.717, 1.165) is 22.3 Å². The van der Waals surface area contributed by atoms with E-state index >= 15 is 0 Å². The Kier molecular flexibility index (Phi) is 5.97. The van der Waals surface area contributed by atoms with Crippen LogP contribution < -0.4 is 5.32 Å². The first-order valence-corrected chi connectivity index (χ1v) is 8.92. The number of benzene rings is 1. The Balaban J connectivity index is 2.27. The van der Waals surface area contributed by atoms with E-state index in [-0.39, 0.29) is 5.82 Å². The van der Waals surface area contributed by atoms with Crippen molar-refractivity contribution in [2.24, 2.45) is 5.92 Å². The molecule has 0 aliphatic heterocycles. The van der Waals surface area contributed by atoms with Crippen LogP contribution in [0.15, 0.2) is 34.8 Å². The lowest BCUT2D eigenvalue weighted by atomic mass is 10.0. The van der Waals surface area contributed by atoms with Gasteiger partial charge in [0.1, 0.15) is 5.82 Å². The number of hydrogen-bond donors (Lipinski definition) is 1. The van der Waals surface area contributed by atoms with Crippen LogP contribution in [0.4, 0.5) is 4.39 Å². The number of rotatable bonds is 6. The third-order valence-corrected chi connectivity index (χ3v) is 5.11. The predicted octanol–water partition coefficient (Wildman–Crippen LogP) is 6.01. The first-order valence-electron chi connectivity index (χ1n) is 7.31. The molecule has 1 atom stereocenters. The highest BCUT2D eigenvalue weighted by molar-refractivity contribution is 9.10. The summed E-state index contributed by atoms with van der Waals surface area (Å²) in [6.45, 7) is 7.60.